The number of rotatable bonds is 9. The minimum absolute atomic E-state index is 0.00607. The molecule has 0 radical (unpaired) electrons. The number of halogens is 1. The molecule has 2 aliphatic rings. The van der Waals surface area contributed by atoms with Crippen LogP contribution in [0.4, 0.5) is 20.6 Å². The number of amides is 3. The van der Waals surface area contributed by atoms with Gasteiger partial charge < -0.3 is 29.3 Å². The Bertz CT molecular complexity index is 954. The number of morpholine rings is 1. The van der Waals surface area contributed by atoms with Crippen LogP contribution in [0.5, 0.6) is 0 Å². The Morgan fingerprint density at radius 2 is 1.94 bits per heavy atom. The van der Waals surface area contributed by atoms with Crippen LogP contribution in [0.1, 0.15) is 20.8 Å². The summed E-state index contributed by atoms with van der Waals surface area (Å²) in [5, 5.41) is 2.56. The van der Waals surface area contributed by atoms with Crippen LogP contribution < -0.4 is 15.1 Å². The van der Waals surface area contributed by atoms with Crippen LogP contribution in [0.15, 0.2) is 18.2 Å². The number of nitrogens with zero attached hydrogens (tertiary/aromatic N) is 3. The quantitative estimate of drug-likeness (QED) is 0.504. The van der Waals surface area contributed by atoms with E-state index in [0.717, 1.165) is 0 Å². The molecule has 2 heterocycles. The maximum atomic E-state index is 14.8. The van der Waals surface area contributed by atoms with E-state index in [2.05, 4.69) is 5.32 Å². The van der Waals surface area contributed by atoms with Crippen molar-refractivity contribution in [3.8, 4) is 0 Å². The molecule has 12 heteroatoms. The molecule has 1 N–H and O–H groups in total. The van der Waals surface area contributed by atoms with E-state index in [1.807, 2.05) is 4.90 Å². The summed E-state index contributed by atoms with van der Waals surface area (Å²) < 4.78 is 30.8. The van der Waals surface area contributed by atoms with E-state index in [9.17, 15) is 23.6 Å². The first-order valence-electron chi connectivity index (χ1n) is 11.4. The Labute approximate surface area is 203 Å². The predicted molar refractivity (Wildman–Crippen MR) is 124 cm³/mol. The minimum Gasteiger partial charge on any atom is -0.459 e. The van der Waals surface area contributed by atoms with Crippen molar-refractivity contribution in [2.45, 2.75) is 33.0 Å². The molecule has 2 saturated heterocycles. The summed E-state index contributed by atoms with van der Waals surface area (Å²) in [6, 6.07) is 4.58. The average Bonchev–Trinajstić information content (AvgIpc) is 3.17. The summed E-state index contributed by atoms with van der Waals surface area (Å²) in [7, 11) is 0. The molecule has 35 heavy (non-hydrogen) atoms. The lowest BCUT2D eigenvalue weighted by atomic mass is 10.2. The number of hydrogen-bond donors (Lipinski definition) is 1. The van der Waals surface area contributed by atoms with Crippen molar-refractivity contribution in [1.29, 1.82) is 0 Å². The zero-order chi connectivity index (χ0) is 25.5. The van der Waals surface area contributed by atoms with Crippen molar-refractivity contribution < 1.29 is 37.8 Å². The van der Waals surface area contributed by atoms with E-state index in [4.69, 9.17) is 14.2 Å². The molecule has 0 saturated carbocycles. The summed E-state index contributed by atoms with van der Waals surface area (Å²) in [6.45, 7) is 6.33. The van der Waals surface area contributed by atoms with Crippen LogP contribution in [-0.2, 0) is 28.6 Å². The highest BCUT2D eigenvalue weighted by Gasteiger charge is 2.35. The standard InChI is InChI=1S/C23H31FN4O7/c1-15(29)25-11-19(34-17(3)31)12-27(16(2)30)13-20-14-28(23(32)35-20)18-4-5-22(21(24)10-18)26-6-8-33-9-7-26/h4-5,10,19-20H,6-9,11-14H2,1-3H3,(H,25,29)/t19-,20-/m0/s1. The van der Waals surface area contributed by atoms with Gasteiger partial charge in [-0.2, -0.15) is 0 Å². The SMILES string of the molecule is CC(=O)NC[C@@H](CN(C[C@H]1CN(c2ccc(N3CCOCC3)c(F)c2)C(=O)O1)C(C)=O)OC(C)=O. The minimum atomic E-state index is -0.768. The van der Waals surface area contributed by atoms with E-state index in [0.29, 0.717) is 37.7 Å². The lowest BCUT2D eigenvalue weighted by Gasteiger charge is -2.29. The van der Waals surface area contributed by atoms with Crippen molar-refractivity contribution in [2.24, 2.45) is 0 Å². The van der Waals surface area contributed by atoms with E-state index >= 15 is 0 Å². The highest BCUT2D eigenvalue weighted by Crippen LogP contribution is 2.28. The molecule has 0 aliphatic carbocycles. The van der Waals surface area contributed by atoms with Crippen molar-refractivity contribution >= 4 is 35.3 Å². The number of anilines is 2. The van der Waals surface area contributed by atoms with E-state index in [-0.39, 0.29) is 38.0 Å². The third-order valence-electron chi connectivity index (χ3n) is 5.67. The normalized spacial score (nSPS) is 18.6. The van der Waals surface area contributed by atoms with Crippen LogP contribution in [-0.4, -0.2) is 93.5 Å². The molecule has 3 rings (SSSR count). The molecule has 2 aliphatic heterocycles. The predicted octanol–water partition coefficient (Wildman–Crippen LogP) is 0.904. The number of carbonyl (C=O) groups excluding carboxylic acids is 4. The molecular weight excluding hydrogens is 463 g/mol. The van der Waals surface area contributed by atoms with Gasteiger partial charge in [0.15, 0.2) is 0 Å². The van der Waals surface area contributed by atoms with Gasteiger partial charge in [-0.05, 0) is 18.2 Å². The topological polar surface area (TPSA) is 118 Å². The molecule has 192 valence electrons. The second kappa shape index (κ2) is 11.8. The van der Waals surface area contributed by atoms with Crippen LogP contribution in [0.2, 0.25) is 0 Å². The Morgan fingerprint density at radius 3 is 2.54 bits per heavy atom. The Kier molecular flexibility index (Phi) is 8.85. The summed E-state index contributed by atoms with van der Waals surface area (Å²) >= 11 is 0. The van der Waals surface area contributed by atoms with Gasteiger partial charge in [0.05, 0.1) is 50.8 Å². The van der Waals surface area contributed by atoms with Crippen molar-refractivity contribution in [3.63, 3.8) is 0 Å². The Balaban J connectivity index is 1.65. The molecule has 2 atom stereocenters. The van der Waals surface area contributed by atoms with Crippen LogP contribution in [0, 0.1) is 5.82 Å². The number of cyclic esters (lactones) is 1. The fourth-order valence-corrected chi connectivity index (χ4v) is 4.01. The molecule has 11 nitrogen and oxygen atoms in total. The van der Waals surface area contributed by atoms with Crippen molar-refractivity contribution in [3.05, 3.63) is 24.0 Å². The molecular formula is C23H31FN4O7. The van der Waals surface area contributed by atoms with Gasteiger partial charge >= 0.3 is 12.1 Å². The number of esters is 1. The van der Waals surface area contributed by atoms with Crippen LogP contribution >= 0.6 is 0 Å². The van der Waals surface area contributed by atoms with Crippen molar-refractivity contribution in [1.82, 2.24) is 10.2 Å². The fraction of sp³-hybridized carbons (Fsp3) is 0.565. The Hall–Kier alpha value is -3.41. The lowest BCUT2D eigenvalue weighted by molar-refractivity contribution is -0.150. The van der Waals surface area contributed by atoms with E-state index in [1.54, 1.807) is 12.1 Å². The molecule has 1 aromatic rings. The van der Waals surface area contributed by atoms with Gasteiger partial charge in [0, 0.05) is 33.9 Å². The van der Waals surface area contributed by atoms with E-state index < -0.39 is 30.1 Å². The van der Waals surface area contributed by atoms with Gasteiger partial charge in [-0.1, -0.05) is 0 Å². The summed E-state index contributed by atoms with van der Waals surface area (Å²) in [4.78, 5) is 52.0. The summed E-state index contributed by atoms with van der Waals surface area (Å²) in [5.41, 5.74) is 0.796. The lowest BCUT2D eigenvalue weighted by Crippen LogP contribution is -2.46. The van der Waals surface area contributed by atoms with Crippen LogP contribution in [0.25, 0.3) is 0 Å². The monoisotopic (exact) mass is 494 g/mol. The number of benzene rings is 1. The van der Waals surface area contributed by atoms with Gasteiger partial charge in [0.25, 0.3) is 0 Å². The van der Waals surface area contributed by atoms with Gasteiger partial charge in [-0.15, -0.1) is 0 Å². The van der Waals surface area contributed by atoms with Gasteiger partial charge in [0.1, 0.15) is 18.0 Å². The summed E-state index contributed by atoms with van der Waals surface area (Å²) in [5.74, 6) is -1.62. The zero-order valence-corrected chi connectivity index (χ0v) is 20.1. The maximum Gasteiger partial charge on any atom is 0.414 e. The number of nitrogens with one attached hydrogen (secondary N) is 1. The fourth-order valence-electron chi connectivity index (χ4n) is 4.01. The molecule has 0 spiro atoms. The van der Waals surface area contributed by atoms with Crippen molar-refractivity contribution in [2.75, 3.05) is 62.3 Å². The number of hydrogen-bond acceptors (Lipinski definition) is 8. The molecule has 0 aromatic heterocycles. The Morgan fingerprint density at radius 1 is 1.23 bits per heavy atom. The van der Waals surface area contributed by atoms with Gasteiger partial charge in [-0.3, -0.25) is 19.3 Å². The van der Waals surface area contributed by atoms with E-state index in [1.165, 1.54) is 36.6 Å². The molecule has 1 aromatic carbocycles. The molecule has 3 amide bonds. The molecule has 0 bridgehead atoms. The number of carbonyl (C=O) groups is 4. The smallest absolute Gasteiger partial charge is 0.414 e. The first kappa shape index (κ1) is 26.2. The highest BCUT2D eigenvalue weighted by atomic mass is 19.1. The first-order chi connectivity index (χ1) is 16.6. The maximum absolute atomic E-state index is 14.8. The average molecular weight is 495 g/mol. The van der Waals surface area contributed by atoms with Crippen LogP contribution in [0.3, 0.4) is 0 Å². The third kappa shape index (κ3) is 7.28. The highest BCUT2D eigenvalue weighted by molar-refractivity contribution is 5.90. The van der Waals surface area contributed by atoms with Gasteiger partial charge in [0.2, 0.25) is 11.8 Å². The molecule has 0 unspecified atom stereocenters. The first-order valence-corrected chi connectivity index (χ1v) is 11.4. The third-order valence-corrected chi connectivity index (χ3v) is 5.67. The second-order valence-electron chi connectivity index (χ2n) is 8.44. The summed E-state index contributed by atoms with van der Waals surface area (Å²) in [6.07, 6.45) is -2.09. The largest absolute Gasteiger partial charge is 0.459 e. The van der Waals surface area contributed by atoms with Gasteiger partial charge in [-0.25, -0.2) is 9.18 Å². The molecule has 2 fully saturated rings. The zero-order valence-electron chi connectivity index (χ0n) is 20.1. The number of ether oxygens (including phenoxy) is 3. The second-order valence-corrected chi connectivity index (χ2v) is 8.44.